The van der Waals surface area contributed by atoms with Crippen molar-refractivity contribution in [1.82, 2.24) is 4.90 Å². The molecule has 1 aliphatic carbocycles. The van der Waals surface area contributed by atoms with Gasteiger partial charge >= 0.3 is 0 Å². The fourth-order valence-corrected chi connectivity index (χ4v) is 4.00. The lowest BCUT2D eigenvalue weighted by Crippen LogP contribution is -2.57. The Labute approximate surface area is 118 Å². The predicted molar refractivity (Wildman–Crippen MR) is 80.2 cm³/mol. The maximum Gasteiger partial charge on any atom is 0.0703 e. The molecule has 2 fully saturated rings. The number of hydrogen-bond donors (Lipinski definition) is 1. The number of nitrogens with zero attached hydrogens (tertiary/aromatic N) is 1. The Kier molecular flexibility index (Phi) is 4.59. The fourth-order valence-electron chi connectivity index (χ4n) is 4.00. The molecular weight excluding hydrogens is 236 g/mol. The number of nitrogens with two attached hydrogens (primary N) is 1. The molecule has 0 aromatic heterocycles. The van der Waals surface area contributed by atoms with Crippen molar-refractivity contribution in [1.29, 1.82) is 0 Å². The zero-order valence-corrected chi connectivity index (χ0v) is 13.2. The first-order valence-corrected chi connectivity index (χ1v) is 7.95. The van der Waals surface area contributed by atoms with Crippen LogP contribution >= 0.6 is 0 Å². The topological polar surface area (TPSA) is 38.5 Å². The summed E-state index contributed by atoms with van der Waals surface area (Å²) in [6, 6.07) is 0.546. The van der Waals surface area contributed by atoms with Crippen LogP contribution in [0.1, 0.15) is 59.3 Å². The van der Waals surface area contributed by atoms with Crippen LogP contribution in [0.25, 0.3) is 0 Å². The molecule has 2 aliphatic rings. The van der Waals surface area contributed by atoms with Gasteiger partial charge in [-0.2, -0.15) is 0 Å². The van der Waals surface area contributed by atoms with E-state index < -0.39 is 0 Å². The molecule has 3 atom stereocenters. The van der Waals surface area contributed by atoms with Crippen LogP contribution in [0.15, 0.2) is 0 Å². The molecule has 1 heterocycles. The minimum absolute atomic E-state index is 0.195. The van der Waals surface area contributed by atoms with Gasteiger partial charge in [0.05, 0.1) is 6.10 Å². The van der Waals surface area contributed by atoms with Crippen LogP contribution in [-0.2, 0) is 4.74 Å². The molecule has 3 unspecified atom stereocenters. The van der Waals surface area contributed by atoms with Crippen molar-refractivity contribution in [2.45, 2.75) is 77.0 Å². The van der Waals surface area contributed by atoms with E-state index >= 15 is 0 Å². The molecule has 112 valence electrons. The Balaban J connectivity index is 2.12. The van der Waals surface area contributed by atoms with E-state index in [1.807, 2.05) is 0 Å². The maximum absolute atomic E-state index is 6.23. The molecule has 19 heavy (non-hydrogen) atoms. The molecule has 3 nitrogen and oxygen atoms in total. The molecular formula is C16H32N2O. The first-order chi connectivity index (χ1) is 8.90. The first-order valence-electron chi connectivity index (χ1n) is 7.95. The van der Waals surface area contributed by atoms with E-state index in [0.29, 0.717) is 17.6 Å². The highest BCUT2D eigenvalue weighted by Crippen LogP contribution is 2.41. The van der Waals surface area contributed by atoms with Gasteiger partial charge in [-0.25, -0.2) is 0 Å². The lowest BCUT2D eigenvalue weighted by molar-refractivity contribution is 0.0190. The van der Waals surface area contributed by atoms with E-state index in [1.165, 1.54) is 32.1 Å². The third kappa shape index (κ3) is 3.14. The van der Waals surface area contributed by atoms with Crippen LogP contribution in [0.5, 0.6) is 0 Å². The molecule has 2 N–H and O–H groups in total. The molecule has 1 saturated carbocycles. The van der Waals surface area contributed by atoms with Crippen molar-refractivity contribution in [2.24, 2.45) is 11.1 Å². The van der Waals surface area contributed by atoms with Gasteiger partial charge < -0.3 is 10.5 Å². The SMILES string of the molecule is CC1OCCC1N(C)C1(CN)CCCC(C)(C)CC1. The van der Waals surface area contributed by atoms with E-state index in [2.05, 4.69) is 32.7 Å². The third-order valence-corrected chi connectivity index (χ3v) is 5.72. The van der Waals surface area contributed by atoms with Gasteiger partial charge in [0.1, 0.15) is 0 Å². The zero-order valence-electron chi connectivity index (χ0n) is 13.2. The lowest BCUT2D eigenvalue weighted by Gasteiger charge is -2.45. The molecule has 1 saturated heterocycles. The van der Waals surface area contributed by atoms with E-state index in [0.717, 1.165) is 19.6 Å². The van der Waals surface area contributed by atoms with Crippen LogP contribution in [0.4, 0.5) is 0 Å². The summed E-state index contributed by atoms with van der Waals surface area (Å²) in [6.07, 6.45) is 7.91. The zero-order chi connectivity index (χ0) is 14.1. The number of likely N-dealkylation sites (N-methyl/N-ethyl adjacent to an activating group) is 1. The molecule has 3 heteroatoms. The van der Waals surface area contributed by atoms with Gasteiger partial charge in [0, 0.05) is 24.7 Å². The summed E-state index contributed by atoms with van der Waals surface area (Å²) >= 11 is 0. The molecule has 0 radical (unpaired) electrons. The van der Waals surface area contributed by atoms with Gasteiger partial charge in [-0.15, -0.1) is 0 Å². The second kappa shape index (κ2) is 5.71. The van der Waals surface area contributed by atoms with Crippen LogP contribution in [0, 0.1) is 5.41 Å². The smallest absolute Gasteiger partial charge is 0.0703 e. The van der Waals surface area contributed by atoms with Crippen molar-refractivity contribution < 1.29 is 4.74 Å². The molecule has 0 amide bonds. The fraction of sp³-hybridized carbons (Fsp3) is 1.00. The van der Waals surface area contributed by atoms with Crippen molar-refractivity contribution in [3.05, 3.63) is 0 Å². The summed E-state index contributed by atoms with van der Waals surface area (Å²) in [5.41, 5.74) is 6.90. The first kappa shape index (κ1) is 15.3. The molecule has 2 rings (SSSR count). The van der Waals surface area contributed by atoms with Gasteiger partial charge in [-0.05, 0) is 51.5 Å². The third-order valence-electron chi connectivity index (χ3n) is 5.72. The molecule has 0 bridgehead atoms. The standard InChI is InChI=1S/C16H32N2O/c1-13-14(6-11-19-13)18(4)16(12-17)8-5-7-15(2,3)9-10-16/h13-14H,5-12,17H2,1-4H3. The second-order valence-corrected chi connectivity index (χ2v) is 7.49. The molecule has 0 spiro atoms. The largest absolute Gasteiger partial charge is 0.377 e. The van der Waals surface area contributed by atoms with E-state index in [1.54, 1.807) is 0 Å². The average Bonchev–Trinajstić information content (AvgIpc) is 2.71. The summed E-state index contributed by atoms with van der Waals surface area (Å²) in [5.74, 6) is 0. The predicted octanol–water partition coefficient (Wildman–Crippen LogP) is 2.78. The Morgan fingerprint density at radius 3 is 2.53 bits per heavy atom. The summed E-state index contributed by atoms with van der Waals surface area (Å²) in [6.45, 7) is 8.70. The number of ether oxygens (including phenoxy) is 1. The van der Waals surface area contributed by atoms with Crippen molar-refractivity contribution in [3.8, 4) is 0 Å². The summed E-state index contributed by atoms with van der Waals surface area (Å²) in [5, 5.41) is 0. The normalized spacial score (nSPS) is 39.5. The van der Waals surface area contributed by atoms with Crippen molar-refractivity contribution >= 4 is 0 Å². The van der Waals surface area contributed by atoms with Crippen molar-refractivity contribution in [2.75, 3.05) is 20.2 Å². The highest BCUT2D eigenvalue weighted by atomic mass is 16.5. The monoisotopic (exact) mass is 268 g/mol. The number of hydrogen-bond acceptors (Lipinski definition) is 3. The van der Waals surface area contributed by atoms with Gasteiger partial charge in [-0.3, -0.25) is 4.90 Å². The van der Waals surface area contributed by atoms with Crippen LogP contribution < -0.4 is 5.73 Å². The van der Waals surface area contributed by atoms with Crippen molar-refractivity contribution in [3.63, 3.8) is 0 Å². The summed E-state index contributed by atoms with van der Waals surface area (Å²) in [4.78, 5) is 2.58. The molecule has 0 aromatic carbocycles. The van der Waals surface area contributed by atoms with Crippen LogP contribution in [0.3, 0.4) is 0 Å². The molecule has 0 aromatic rings. The van der Waals surface area contributed by atoms with E-state index in [-0.39, 0.29) is 5.54 Å². The quantitative estimate of drug-likeness (QED) is 0.800. The number of rotatable bonds is 3. The maximum atomic E-state index is 6.23. The highest BCUT2D eigenvalue weighted by Gasteiger charge is 2.42. The van der Waals surface area contributed by atoms with Gasteiger partial charge in [0.2, 0.25) is 0 Å². The Morgan fingerprint density at radius 2 is 1.95 bits per heavy atom. The van der Waals surface area contributed by atoms with E-state index in [9.17, 15) is 0 Å². The lowest BCUT2D eigenvalue weighted by atomic mass is 9.82. The summed E-state index contributed by atoms with van der Waals surface area (Å²) in [7, 11) is 2.28. The minimum atomic E-state index is 0.195. The van der Waals surface area contributed by atoms with Gasteiger partial charge in [0.25, 0.3) is 0 Å². The second-order valence-electron chi connectivity index (χ2n) is 7.49. The highest BCUT2D eigenvalue weighted by molar-refractivity contribution is 4.98. The van der Waals surface area contributed by atoms with Crippen LogP contribution in [0.2, 0.25) is 0 Å². The summed E-state index contributed by atoms with van der Waals surface area (Å²) < 4.78 is 5.76. The van der Waals surface area contributed by atoms with E-state index in [4.69, 9.17) is 10.5 Å². The Bertz CT molecular complexity index is 305. The Hall–Kier alpha value is -0.120. The average molecular weight is 268 g/mol. The Morgan fingerprint density at radius 1 is 1.21 bits per heavy atom. The van der Waals surface area contributed by atoms with Crippen LogP contribution in [-0.4, -0.2) is 42.8 Å². The minimum Gasteiger partial charge on any atom is -0.377 e. The molecule has 1 aliphatic heterocycles. The van der Waals surface area contributed by atoms with Gasteiger partial charge in [0.15, 0.2) is 0 Å². The van der Waals surface area contributed by atoms with Gasteiger partial charge in [-0.1, -0.05) is 20.3 Å².